The molecule has 0 atom stereocenters. The van der Waals surface area contributed by atoms with Crippen molar-refractivity contribution in [3.8, 4) is 0 Å². The number of hydrogen-bond acceptors (Lipinski definition) is 5. The number of thioether (sulfide) groups is 1. The van der Waals surface area contributed by atoms with Crippen LogP contribution in [0.4, 0.5) is 18.9 Å². The van der Waals surface area contributed by atoms with Crippen LogP contribution in [0.1, 0.15) is 5.56 Å². The van der Waals surface area contributed by atoms with Gasteiger partial charge in [0.2, 0.25) is 0 Å². The third-order valence-electron chi connectivity index (χ3n) is 1.90. The first kappa shape index (κ1) is 15.3. The molecule has 9 heteroatoms. The number of benzene rings is 1. The largest absolute Gasteiger partial charge is 0.460 e. The lowest BCUT2D eigenvalue weighted by Crippen LogP contribution is -2.12. The molecule has 1 aromatic carbocycles. The zero-order valence-electron chi connectivity index (χ0n) is 9.35. The van der Waals surface area contributed by atoms with Crippen LogP contribution in [0, 0.1) is 10.1 Å². The van der Waals surface area contributed by atoms with Crippen molar-refractivity contribution in [1.29, 1.82) is 0 Å². The smallest absolute Gasteiger partial charge is 0.442 e. The van der Waals surface area contributed by atoms with Gasteiger partial charge < -0.3 is 4.74 Å². The first-order valence-electron chi connectivity index (χ1n) is 4.87. The van der Waals surface area contributed by atoms with Crippen LogP contribution in [0.3, 0.4) is 0 Å². The summed E-state index contributed by atoms with van der Waals surface area (Å²) in [6.07, 6.45) is 0. The molecule has 0 aliphatic heterocycles. The molecule has 1 rings (SSSR count). The fourth-order valence-electron chi connectivity index (χ4n) is 1.06. The van der Waals surface area contributed by atoms with E-state index in [1.807, 2.05) is 0 Å². The van der Waals surface area contributed by atoms with E-state index in [0.717, 1.165) is 0 Å². The van der Waals surface area contributed by atoms with Crippen LogP contribution in [-0.2, 0) is 16.1 Å². The van der Waals surface area contributed by atoms with E-state index in [1.165, 1.54) is 24.3 Å². The van der Waals surface area contributed by atoms with Crippen LogP contribution in [0.2, 0.25) is 0 Å². The lowest BCUT2D eigenvalue weighted by atomic mass is 10.2. The Kier molecular flexibility index (Phi) is 5.16. The molecule has 0 heterocycles. The molecule has 0 N–H and O–H groups in total. The topological polar surface area (TPSA) is 69.4 Å². The number of alkyl halides is 3. The fourth-order valence-corrected chi connectivity index (χ4v) is 1.42. The van der Waals surface area contributed by atoms with Crippen molar-refractivity contribution in [3.05, 3.63) is 39.9 Å². The van der Waals surface area contributed by atoms with Crippen LogP contribution < -0.4 is 0 Å². The molecule has 0 bridgehead atoms. The number of esters is 1. The maximum absolute atomic E-state index is 11.8. The van der Waals surface area contributed by atoms with Gasteiger partial charge in [-0.15, -0.1) is 0 Å². The Labute approximate surface area is 109 Å². The molecule has 0 aromatic heterocycles. The van der Waals surface area contributed by atoms with E-state index >= 15 is 0 Å². The zero-order valence-corrected chi connectivity index (χ0v) is 10.2. The molecule has 104 valence electrons. The Bertz CT molecular complexity index is 461. The summed E-state index contributed by atoms with van der Waals surface area (Å²) in [6.45, 7) is -0.227. The van der Waals surface area contributed by atoms with E-state index in [0.29, 0.717) is 5.56 Å². The van der Waals surface area contributed by atoms with E-state index in [2.05, 4.69) is 4.74 Å². The second kappa shape index (κ2) is 6.41. The highest BCUT2D eigenvalue weighted by molar-refractivity contribution is 8.00. The Morgan fingerprint density at radius 3 is 2.37 bits per heavy atom. The number of non-ortho nitro benzene ring substituents is 1. The molecular formula is C10H8F3NO4S. The van der Waals surface area contributed by atoms with Crippen molar-refractivity contribution in [3.63, 3.8) is 0 Å². The van der Waals surface area contributed by atoms with Crippen molar-refractivity contribution >= 4 is 23.4 Å². The third kappa shape index (κ3) is 6.09. The molecule has 5 nitrogen and oxygen atoms in total. The van der Waals surface area contributed by atoms with Gasteiger partial charge in [0.15, 0.2) is 0 Å². The van der Waals surface area contributed by atoms with Crippen LogP contribution in [0.5, 0.6) is 0 Å². The minimum absolute atomic E-state index is 0.122. The quantitative estimate of drug-likeness (QED) is 0.474. The van der Waals surface area contributed by atoms with Gasteiger partial charge in [0.1, 0.15) is 12.4 Å². The summed E-state index contributed by atoms with van der Waals surface area (Å²) >= 11 is -0.481. The van der Waals surface area contributed by atoms with Crippen LogP contribution >= 0.6 is 11.8 Å². The highest BCUT2D eigenvalue weighted by Gasteiger charge is 2.29. The first-order valence-corrected chi connectivity index (χ1v) is 5.86. The van der Waals surface area contributed by atoms with Gasteiger partial charge in [0.25, 0.3) is 5.69 Å². The number of nitro groups is 1. The number of carbonyl (C=O) groups is 1. The Hall–Kier alpha value is -1.77. The molecular weight excluding hydrogens is 287 g/mol. The molecule has 0 unspecified atom stereocenters. The predicted octanol–water partition coefficient (Wildman–Crippen LogP) is 2.89. The standard InChI is InChI=1S/C10H8F3NO4S/c11-10(12,13)19-6-9(15)18-5-7-1-3-8(4-2-7)14(16)17/h1-4H,5-6H2. The molecule has 19 heavy (non-hydrogen) atoms. The van der Waals surface area contributed by atoms with Gasteiger partial charge in [0.05, 0.1) is 4.92 Å². The molecule has 0 saturated carbocycles. The maximum atomic E-state index is 11.8. The molecule has 0 radical (unpaired) electrons. The van der Waals surface area contributed by atoms with Crippen molar-refractivity contribution in [2.24, 2.45) is 0 Å². The number of carbonyl (C=O) groups excluding carboxylic acids is 1. The van der Waals surface area contributed by atoms with Gasteiger partial charge >= 0.3 is 11.5 Å². The van der Waals surface area contributed by atoms with Gasteiger partial charge in [-0.05, 0) is 29.5 Å². The van der Waals surface area contributed by atoms with Crippen molar-refractivity contribution < 1.29 is 27.6 Å². The summed E-state index contributed by atoms with van der Waals surface area (Å²) in [7, 11) is 0. The molecule has 0 aliphatic rings. The lowest BCUT2D eigenvalue weighted by molar-refractivity contribution is -0.384. The molecule has 0 aliphatic carbocycles. The van der Waals surface area contributed by atoms with Gasteiger partial charge in [0, 0.05) is 12.1 Å². The van der Waals surface area contributed by atoms with Gasteiger partial charge in [-0.3, -0.25) is 14.9 Å². The predicted molar refractivity (Wildman–Crippen MR) is 61.4 cm³/mol. The second-order valence-corrected chi connectivity index (χ2v) is 4.36. The number of nitro benzene ring substituents is 1. The molecule has 0 saturated heterocycles. The summed E-state index contributed by atoms with van der Waals surface area (Å²) < 4.78 is 40.0. The normalized spacial score (nSPS) is 11.1. The minimum atomic E-state index is -4.48. The summed E-state index contributed by atoms with van der Waals surface area (Å²) in [6, 6.07) is 5.16. The van der Waals surface area contributed by atoms with Gasteiger partial charge in [-0.25, -0.2) is 0 Å². The zero-order chi connectivity index (χ0) is 14.5. The number of ether oxygens (including phenoxy) is 1. The molecule has 0 fully saturated rings. The number of hydrogen-bond donors (Lipinski definition) is 0. The third-order valence-corrected chi connectivity index (χ3v) is 2.61. The lowest BCUT2D eigenvalue weighted by Gasteiger charge is -2.06. The molecule has 0 spiro atoms. The molecule has 0 amide bonds. The fraction of sp³-hybridized carbons (Fsp3) is 0.300. The van der Waals surface area contributed by atoms with Gasteiger partial charge in [-0.1, -0.05) is 0 Å². The van der Waals surface area contributed by atoms with Crippen molar-refractivity contribution in [2.45, 2.75) is 12.1 Å². The van der Waals surface area contributed by atoms with E-state index in [4.69, 9.17) is 0 Å². The first-order chi connectivity index (χ1) is 8.78. The molecule has 1 aromatic rings. The van der Waals surface area contributed by atoms with Gasteiger partial charge in [-0.2, -0.15) is 13.2 Å². The highest BCUT2D eigenvalue weighted by Crippen LogP contribution is 2.29. The Balaban J connectivity index is 2.40. The number of halogens is 3. The van der Waals surface area contributed by atoms with Crippen LogP contribution in [0.25, 0.3) is 0 Å². The van der Waals surface area contributed by atoms with E-state index in [-0.39, 0.29) is 12.3 Å². The Morgan fingerprint density at radius 1 is 1.32 bits per heavy atom. The average Bonchev–Trinajstić information content (AvgIpc) is 2.33. The average molecular weight is 295 g/mol. The summed E-state index contributed by atoms with van der Waals surface area (Å²) in [5.41, 5.74) is -4.15. The SMILES string of the molecule is O=C(CSC(F)(F)F)OCc1ccc([N+](=O)[O-])cc1. The Morgan fingerprint density at radius 2 is 1.89 bits per heavy atom. The number of nitrogens with zero attached hydrogens (tertiary/aromatic N) is 1. The summed E-state index contributed by atoms with van der Waals surface area (Å²) in [5, 5.41) is 10.4. The highest BCUT2D eigenvalue weighted by atomic mass is 32.2. The summed E-state index contributed by atoms with van der Waals surface area (Å²) in [4.78, 5) is 20.8. The van der Waals surface area contributed by atoms with Crippen molar-refractivity contribution in [2.75, 3.05) is 5.75 Å². The van der Waals surface area contributed by atoms with E-state index in [1.54, 1.807) is 0 Å². The maximum Gasteiger partial charge on any atom is 0.442 e. The number of rotatable bonds is 5. The van der Waals surface area contributed by atoms with E-state index < -0.39 is 33.9 Å². The van der Waals surface area contributed by atoms with Crippen LogP contribution in [-0.4, -0.2) is 22.2 Å². The second-order valence-electron chi connectivity index (χ2n) is 3.32. The summed E-state index contributed by atoms with van der Waals surface area (Å²) in [5.74, 6) is -1.82. The monoisotopic (exact) mass is 295 g/mol. The minimum Gasteiger partial charge on any atom is -0.460 e. The van der Waals surface area contributed by atoms with Crippen molar-refractivity contribution in [1.82, 2.24) is 0 Å². The van der Waals surface area contributed by atoms with E-state index in [9.17, 15) is 28.1 Å². The van der Waals surface area contributed by atoms with Crippen LogP contribution in [0.15, 0.2) is 24.3 Å².